The van der Waals surface area contributed by atoms with Gasteiger partial charge in [-0.05, 0) is 48.7 Å². The Bertz CT molecular complexity index is 558. The lowest BCUT2D eigenvalue weighted by Gasteiger charge is -2.08. The van der Waals surface area contributed by atoms with Crippen molar-refractivity contribution < 1.29 is 9.13 Å². The number of hydrogen-bond acceptors (Lipinski definition) is 1. The summed E-state index contributed by atoms with van der Waals surface area (Å²) in [6.45, 7) is 6.35. The van der Waals surface area contributed by atoms with E-state index in [9.17, 15) is 4.39 Å². The summed E-state index contributed by atoms with van der Waals surface area (Å²) in [4.78, 5) is 0. The molecule has 0 saturated carbocycles. The molecule has 19 heavy (non-hydrogen) atoms. The molecule has 0 amide bonds. The van der Waals surface area contributed by atoms with Gasteiger partial charge in [0.25, 0.3) is 0 Å². The lowest BCUT2D eigenvalue weighted by atomic mass is 10.1. The van der Waals surface area contributed by atoms with Crippen molar-refractivity contribution in [2.45, 2.75) is 20.0 Å². The second kappa shape index (κ2) is 6.19. The molecule has 0 heterocycles. The van der Waals surface area contributed by atoms with E-state index in [1.807, 2.05) is 25.1 Å². The van der Waals surface area contributed by atoms with Gasteiger partial charge in [0.2, 0.25) is 0 Å². The first-order valence-corrected chi connectivity index (χ1v) is 6.24. The van der Waals surface area contributed by atoms with Crippen LogP contribution in [0.2, 0.25) is 0 Å². The summed E-state index contributed by atoms with van der Waals surface area (Å²) in [5.74, 6) is 0.593. The van der Waals surface area contributed by atoms with Gasteiger partial charge in [0.1, 0.15) is 18.2 Å². The van der Waals surface area contributed by atoms with Crippen LogP contribution >= 0.6 is 0 Å². The Morgan fingerprint density at radius 2 is 1.84 bits per heavy atom. The highest BCUT2D eigenvalue weighted by Gasteiger charge is 1.99. The van der Waals surface area contributed by atoms with E-state index in [0.29, 0.717) is 6.61 Å². The molecule has 0 radical (unpaired) electrons. The zero-order valence-corrected chi connectivity index (χ0v) is 11.0. The van der Waals surface area contributed by atoms with Gasteiger partial charge in [0.15, 0.2) is 0 Å². The molecular formula is C17H17FO. The Morgan fingerprint density at radius 1 is 1.11 bits per heavy atom. The first kappa shape index (κ1) is 13.3. The van der Waals surface area contributed by atoms with Gasteiger partial charge in [0.05, 0.1) is 0 Å². The Labute approximate surface area is 113 Å². The molecule has 2 rings (SSSR count). The number of hydrogen-bond donors (Lipinski definition) is 0. The number of allylic oxidation sites excluding steroid dienone is 1. The monoisotopic (exact) mass is 256 g/mol. The molecule has 0 aliphatic rings. The minimum absolute atomic E-state index is 0.229. The van der Waals surface area contributed by atoms with Crippen LogP contribution in [0, 0.1) is 5.82 Å². The average molecular weight is 256 g/mol. The fourth-order valence-electron chi connectivity index (χ4n) is 1.84. The van der Waals surface area contributed by atoms with E-state index in [4.69, 9.17) is 4.74 Å². The van der Waals surface area contributed by atoms with Crippen LogP contribution < -0.4 is 4.74 Å². The molecule has 0 N–H and O–H groups in total. The molecule has 2 heteroatoms. The molecule has 0 bridgehead atoms. The van der Waals surface area contributed by atoms with Crippen molar-refractivity contribution in [3.8, 4) is 5.75 Å². The Hall–Kier alpha value is -2.09. The summed E-state index contributed by atoms with van der Waals surface area (Å²) in [5.41, 5.74) is 3.26. The molecule has 0 saturated heterocycles. The van der Waals surface area contributed by atoms with Crippen LogP contribution in [0.5, 0.6) is 5.75 Å². The molecule has 2 aromatic rings. The van der Waals surface area contributed by atoms with Gasteiger partial charge in [-0.25, -0.2) is 4.39 Å². The van der Waals surface area contributed by atoms with Gasteiger partial charge in [-0.15, -0.1) is 0 Å². The van der Waals surface area contributed by atoms with E-state index in [1.54, 1.807) is 12.1 Å². The van der Waals surface area contributed by atoms with E-state index in [1.165, 1.54) is 17.7 Å². The Morgan fingerprint density at radius 3 is 2.53 bits per heavy atom. The van der Waals surface area contributed by atoms with Gasteiger partial charge in [-0.2, -0.15) is 0 Å². The molecule has 0 aromatic heterocycles. The second-order valence-electron chi connectivity index (χ2n) is 4.70. The zero-order chi connectivity index (χ0) is 13.7. The predicted octanol–water partition coefficient (Wildman–Crippen LogP) is 4.52. The standard InChI is InChI=1S/C17H17FO/c1-13(2)10-15-4-3-5-17(11-15)19-12-14-6-8-16(18)9-7-14/h3-9,11H,1,10,12H2,2H3. The van der Waals surface area contributed by atoms with Crippen molar-refractivity contribution >= 4 is 0 Å². The van der Waals surface area contributed by atoms with Crippen molar-refractivity contribution in [3.05, 3.63) is 77.6 Å². The maximum absolute atomic E-state index is 12.8. The number of benzene rings is 2. The molecule has 2 aromatic carbocycles. The van der Waals surface area contributed by atoms with Crippen LogP contribution in [0.3, 0.4) is 0 Å². The predicted molar refractivity (Wildman–Crippen MR) is 75.7 cm³/mol. The van der Waals surface area contributed by atoms with Crippen molar-refractivity contribution in [3.63, 3.8) is 0 Å². The largest absolute Gasteiger partial charge is 0.489 e. The van der Waals surface area contributed by atoms with Crippen molar-refractivity contribution in [2.75, 3.05) is 0 Å². The Balaban J connectivity index is 1.99. The van der Waals surface area contributed by atoms with Crippen LogP contribution in [-0.2, 0) is 13.0 Å². The summed E-state index contributed by atoms with van der Waals surface area (Å²) in [7, 11) is 0. The molecule has 98 valence electrons. The lowest BCUT2D eigenvalue weighted by molar-refractivity contribution is 0.306. The molecular weight excluding hydrogens is 239 g/mol. The summed E-state index contributed by atoms with van der Waals surface area (Å²) in [6.07, 6.45) is 0.855. The molecule has 1 nitrogen and oxygen atoms in total. The summed E-state index contributed by atoms with van der Waals surface area (Å²) in [5, 5.41) is 0. The van der Waals surface area contributed by atoms with E-state index in [2.05, 4.69) is 12.6 Å². The summed E-state index contributed by atoms with van der Waals surface area (Å²) < 4.78 is 18.5. The quantitative estimate of drug-likeness (QED) is 0.714. The van der Waals surface area contributed by atoms with Crippen molar-refractivity contribution in [2.24, 2.45) is 0 Å². The normalized spacial score (nSPS) is 10.2. The molecule has 0 aliphatic heterocycles. The van der Waals surface area contributed by atoms with Crippen molar-refractivity contribution in [1.82, 2.24) is 0 Å². The SMILES string of the molecule is C=C(C)Cc1cccc(OCc2ccc(F)cc2)c1. The third kappa shape index (κ3) is 4.25. The number of rotatable bonds is 5. The summed E-state index contributed by atoms with van der Waals surface area (Å²) in [6, 6.07) is 14.3. The van der Waals surface area contributed by atoms with E-state index < -0.39 is 0 Å². The third-order valence-electron chi connectivity index (χ3n) is 2.72. The van der Waals surface area contributed by atoms with Crippen LogP contribution in [0.4, 0.5) is 4.39 Å². The third-order valence-corrected chi connectivity index (χ3v) is 2.72. The number of ether oxygens (including phenoxy) is 1. The van der Waals surface area contributed by atoms with Gasteiger partial charge in [-0.3, -0.25) is 0 Å². The topological polar surface area (TPSA) is 9.23 Å². The molecule has 0 aliphatic carbocycles. The van der Waals surface area contributed by atoms with E-state index in [0.717, 1.165) is 23.3 Å². The first-order valence-electron chi connectivity index (χ1n) is 6.24. The van der Waals surface area contributed by atoms with Crippen LogP contribution in [0.1, 0.15) is 18.1 Å². The maximum atomic E-state index is 12.8. The minimum atomic E-state index is -0.229. The average Bonchev–Trinajstić information content (AvgIpc) is 2.38. The molecule has 0 spiro atoms. The highest BCUT2D eigenvalue weighted by molar-refractivity contribution is 5.31. The fourth-order valence-corrected chi connectivity index (χ4v) is 1.84. The molecule has 0 unspecified atom stereocenters. The van der Waals surface area contributed by atoms with E-state index in [-0.39, 0.29) is 5.82 Å². The first-order chi connectivity index (χ1) is 9.13. The fraction of sp³-hybridized carbons (Fsp3) is 0.176. The van der Waals surface area contributed by atoms with Crippen LogP contribution in [0.25, 0.3) is 0 Å². The van der Waals surface area contributed by atoms with Crippen LogP contribution in [-0.4, -0.2) is 0 Å². The maximum Gasteiger partial charge on any atom is 0.123 e. The highest BCUT2D eigenvalue weighted by Crippen LogP contribution is 2.17. The lowest BCUT2D eigenvalue weighted by Crippen LogP contribution is -1.96. The number of halogens is 1. The van der Waals surface area contributed by atoms with Gasteiger partial charge in [-0.1, -0.05) is 36.4 Å². The Kier molecular flexibility index (Phi) is 4.35. The zero-order valence-electron chi connectivity index (χ0n) is 11.0. The second-order valence-corrected chi connectivity index (χ2v) is 4.70. The molecule has 0 atom stereocenters. The highest BCUT2D eigenvalue weighted by atomic mass is 19.1. The molecule has 0 fully saturated rings. The van der Waals surface area contributed by atoms with Gasteiger partial charge < -0.3 is 4.74 Å². The minimum Gasteiger partial charge on any atom is -0.489 e. The van der Waals surface area contributed by atoms with Gasteiger partial charge >= 0.3 is 0 Å². The van der Waals surface area contributed by atoms with Crippen LogP contribution in [0.15, 0.2) is 60.7 Å². The van der Waals surface area contributed by atoms with E-state index >= 15 is 0 Å². The van der Waals surface area contributed by atoms with Crippen molar-refractivity contribution in [1.29, 1.82) is 0 Å². The summed E-state index contributed by atoms with van der Waals surface area (Å²) >= 11 is 0. The smallest absolute Gasteiger partial charge is 0.123 e. The van der Waals surface area contributed by atoms with Gasteiger partial charge in [0, 0.05) is 0 Å².